The van der Waals surface area contributed by atoms with Crippen molar-refractivity contribution >= 4 is 15.9 Å². The highest BCUT2D eigenvalue weighted by Crippen LogP contribution is 2.27. The van der Waals surface area contributed by atoms with E-state index in [1.165, 1.54) is 5.56 Å². The Morgan fingerprint density at radius 3 is 3.21 bits per heavy atom. The van der Waals surface area contributed by atoms with Crippen LogP contribution in [-0.4, -0.2) is 19.2 Å². The molecule has 1 heterocycles. The first-order chi connectivity index (χ1) is 6.79. The van der Waals surface area contributed by atoms with Gasteiger partial charge in [-0.15, -0.1) is 0 Å². The summed E-state index contributed by atoms with van der Waals surface area (Å²) >= 11 is 3.47. The molecular formula is C11H14BrNO. The van der Waals surface area contributed by atoms with Crippen molar-refractivity contribution in [3.05, 3.63) is 28.2 Å². The molecule has 1 aliphatic rings. The van der Waals surface area contributed by atoms with Gasteiger partial charge < -0.3 is 10.1 Å². The highest BCUT2D eigenvalue weighted by molar-refractivity contribution is 9.10. The molecule has 1 unspecified atom stereocenters. The van der Waals surface area contributed by atoms with E-state index in [2.05, 4.69) is 34.2 Å². The Kier molecular flexibility index (Phi) is 3.08. The standard InChI is InChI=1S/C11H14BrNO/c1-2-13-10-6-8-5-9(12)3-4-11(8)14-7-10/h3-5,10,13H,2,6-7H2,1H3. The maximum atomic E-state index is 5.66. The van der Waals surface area contributed by atoms with Gasteiger partial charge in [-0.25, -0.2) is 0 Å². The number of ether oxygens (including phenoxy) is 1. The molecule has 0 fully saturated rings. The first-order valence-electron chi connectivity index (χ1n) is 4.94. The molecule has 1 atom stereocenters. The first kappa shape index (κ1) is 9.99. The number of nitrogens with one attached hydrogen (secondary N) is 1. The smallest absolute Gasteiger partial charge is 0.122 e. The molecule has 1 aromatic rings. The van der Waals surface area contributed by atoms with Gasteiger partial charge in [0.1, 0.15) is 12.4 Å². The Balaban J connectivity index is 2.16. The van der Waals surface area contributed by atoms with Gasteiger partial charge in [-0.05, 0) is 36.7 Å². The Bertz CT molecular complexity index is 327. The first-order valence-corrected chi connectivity index (χ1v) is 5.73. The molecule has 2 rings (SSSR count). The largest absolute Gasteiger partial charge is 0.492 e. The minimum absolute atomic E-state index is 0.460. The molecular weight excluding hydrogens is 242 g/mol. The van der Waals surface area contributed by atoms with E-state index < -0.39 is 0 Å². The quantitative estimate of drug-likeness (QED) is 0.877. The van der Waals surface area contributed by atoms with Crippen molar-refractivity contribution in [2.24, 2.45) is 0 Å². The summed E-state index contributed by atoms with van der Waals surface area (Å²) in [6.07, 6.45) is 1.06. The van der Waals surface area contributed by atoms with Crippen molar-refractivity contribution < 1.29 is 4.74 Å². The molecule has 0 amide bonds. The minimum Gasteiger partial charge on any atom is -0.492 e. The Morgan fingerprint density at radius 2 is 2.43 bits per heavy atom. The summed E-state index contributed by atoms with van der Waals surface area (Å²) in [4.78, 5) is 0. The normalized spacial score (nSPS) is 20.0. The van der Waals surface area contributed by atoms with E-state index in [0.717, 1.165) is 29.8 Å². The third-order valence-corrected chi connectivity index (χ3v) is 2.91. The number of fused-ring (bicyclic) bond motifs is 1. The molecule has 1 aromatic carbocycles. The van der Waals surface area contributed by atoms with Gasteiger partial charge in [0.2, 0.25) is 0 Å². The monoisotopic (exact) mass is 255 g/mol. The molecule has 1 N–H and O–H groups in total. The maximum absolute atomic E-state index is 5.66. The molecule has 76 valence electrons. The predicted molar refractivity (Wildman–Crippen MR) is 60.8 cm³/mol. The van der Waals surface area contributed by atoms with Crippen LogP contribution in [0.4, 0.5) is 0 Å². The van der Waals surface area contributed by atoms with Gasteiger partial charge in [0, 0.05) is 10.5 Å². The summed E-state index contributed by atoms with van der Waals surface area (Å²) in [5.41, 5.74) is 1.29. The lowest BCUT2D eigenvalue weighted by Crippen LogP contribution is -2.39. The average Bonchev–Trinajstić information content (AvgIpc) is 2.17. The van der Waals surface area contributed by atoms with E-state index in [1.807, 2.05) is 12.1 Å². The van der Waals surface area contributed by atoms with E-state index >= 15 is 0 Å². The van der Waals surface area contributed by atoms with E-state index in [4.69, 9.17) is 4.74 Å². The molecule has 2 nitrogen and oxygen atoms in total. The van der Waals surface area contributed by atoms with Gasteiger partial charge in [0.15, 0.2) is 0 Å². The summed E-state index contributed by atoms with van der Waals surface area (Å²) in [6.45, 7) is 3.90. The average molecular weight is 256 g/mol. The Hall–Kier alpha value is -0.540. The second-order valence-electron chi connectivity index (χ2n) is 3.52. The van der Waals surface area contributed by atoms with Gasteiger partial charge in [-0.2, -0.15) is 0 Å². The third kappa shape index (κ3) is 2.10. The van der Waals surface area contributed by atoms with Crippen LogP contribution in [-0.2, 0) is 6.42 Å². The van der Waals surface area contributed by atoms with Crippen molar-refractivity contribution in [3.8, 4) is 5.75 Å². The van der Waals surface area contributed by atoms with Gasteiger partial charge >= 0.3 is 0 Å². The number of hydrogen-bond acceptors (Lipinski definition) is 2. The molecule has 14 heavy (non-hydrogen) atoms. The van der Waals surface area contributed by atoms with E-state index in [0.29, 0.717) is 6.04 Å². The Labute approximate surface area is 92.8 Å². The molecule has 0 spiro atoms. The summed E-state index contributed by atoms with van der Waals surface area (Å²) in [6, 6.07) is 6.65. The number of halogens is 1. The van der Waals surface area contributed by atoms with Crippen LogP contribution in [0.5, 0.6) is 5.75 Å². The molecule has 0 saturated carbocycles. The van der Waals surface area contributed by atoms with Crippen LogP contribution in [0.3, 0.4) is 0 Å². The van der Waals surface area contributed by atoms with E-state index in [1.54, 1.807) is 0 Å². The van der Waals surface area contributed by atoms with Crippen molar-refractivity contribution in [2.45, 2.75) is 19.4 Å². The van der Waals surface area contributed by atoms with Crippen molar-refractivity contribution in [1.29, 1.82) is 0 Å². The minimum atomic E-state index is 0.460. The van der Waals surface area contributed by atoms with Crippen LogP contribution in [0.2, 0.25) is 0 Å². The molecule has 0 saturated heterocycles. The molecule has 0 radical (unpaired) electrons. The second kappa shape index (κ2) is 4.32. The predicted octanol–water partition coefficient (Wildman–Crippen LogP) is 2.36. The summed E-state index contributed by atoms with van der Waals surface area (Å²) in [5, 5.41) is 3.40. The van der Waals surface area contributed by atoms with E-state index in [-0.39, 0.29) is 0 Å². The van der Waals surface area contributed by atoms with Crippen LogP contribution in [0.15, 0.2) is 22.7 Å². The number of likely N-dealkylation sites (N-methyl/N-ethyl adjacent to an activating group) is 1. The van der Waals surface area contributed by atoms with E-state index in [9.17, 15) is 0 Å². The van der Waals surface area contributed by atoms with Gasteiger partial charge in [0.25, 0.3) is 0 Å². The molecule has 0 bridgehead atoms. The lowest BCUT2D eigenvalue weighted by atomic mass is 10.0. The SMILES string of the molecule is CCNC1COc2ccc(Br)cc2C1. The maximum Gasteiger partial charge on any atom is 0.122 e. The number of rotatable bonds is 2. The zero-order valence-corrected chi connectivity index (χ0v) is 9.80. The zero-order chi connectivity index (χ0) is 9.97. The fourth-order valence-corrected chi connectivity index (χ4v) is 2.19. The summed E-state index contributed by atoms with van der Waals surface area (Å²) in [7, 11) is 0. The van der Waals surface area contributed by atoms with Gasteiger partial charge in [0.05, 0.1) is 0 Å². The van der Waals surface area contributed by atoms with Crippen LogP contribution in [0, 0.1) is 0 Å². The van der Waals surface area contributed by atoms with Crippen LogP contribution < -0.4 is 10.1 Å². The number of hydrogen-bond donors (Lipinski definition) is 1. The fraction of sp³-hybridized carbons (Fsp3) is 0.455. The molecule has 3 heteroatoms. The van der Waals surface area contributed by atoms with Crippen molar-refractivity contribution in [1.82, 2.24) is 5.32 Å². The fourth-order valence-electron chi connectivity index (χ4n) is 1.78. The van der Waals surface area contributed by atoms with Gasteiger partial charge in [-0.1, -0.05) is 22.9 Å². The third-order valence-electron chi connectivity index (χ3n) is 2.42. The second-order valence-corrected chi connectivity index (χ2v) is 4.44. The lowest BCUT2D eigenvalue weighted by molar-refractivity contribution is 0.241. The highest BCUT2D eigenvalue weighted by Gasteiger charge is 2.18. The zero-order valence-electron chi connectivity index (χ0n) is 8.22. The van der Waals surface area contributed by atoms with Crippen LogP contribution in [0.25, 0.3) is 0 Å². The number of benzene rings is 1. The summed E-state index contributed by atoms with van der Waals surface area (Å²) < 4.78 is 6.78. The molecule has 1 aliphatic heterocycles. The van der Waals surface area contributed by atoms with Crippen LogP contribution in [0.1, 0.15) is 12.5 Å². The van der Waals surface area contributed by atoms with Crippen LogP contribution >= 0.6 is 15.9 Å². The van der Waals surface area contributed by atoms with Gasteiger partial charge in [-0.3, -0.25) is 0 Å². The lowest BCUT2D eigenvalue weighted by Gasteiger charge is -2.25. The summed E-state index contributed by atoms with van der Waals surface area (Å²) in [5.74, 6) is 1.03. The molecule has 0 aliphatic carbocycles. The Morgan fingerprint density at radius 1 is 1.57 bits per heavy atom. The topological polar surface area (TPSA) is 21.3 Å². The molecule has 0 aromatic heterocycles. The highest BCUT2D eigenvalue weighted by atomic mass is 79.9. The van der Waals surface area contributed by atoms with Crippen molar-refractivity contribution in [2.75, 3.05) is 13.2 Å². The van der Waals surface area contributed by atoms with Crippen molar-refractivity contribution in [3.63, 3.8) is 0 Å².